The summed E-state index contributed by atoms with van der Waals surface area (Å²) in [5, 5.41) is 17.7. The van der Waals surface area contributed by atoms with E-state index in [1.807, 2.05) is 18.4 Å². The number of thiophene rings is 1. The molecule has 10 heteroatoms. The van der Waals surface area contributed by atoms with Gasteiger partial charge in [-0.3, -0.25) is 10.1 Å². The van der Waals surface area contributed by atoms with Crippen LogP contribution < -0.4 is 10.6 Å². The van der Waals surface area contributed by atoms with Crippen LogP contribution in [-0.4, -0.2) is 41.9 Å². The second-order valence-corrected chi connectivity index (χ2v) is 8.86. The number of rotatable bonds is 6. The van der Waals surface area contributed by atoms with Gasteiger partial charge in [0.25, 0.3) is 5.91 Å². The molecule has 2 unspecified atom stereocenters. The number of carbonyl (C=O) groups excluding carboxylic acids is 1. The van der Waals surface area contributed by atoms with Crippen molar-refractivity contribution in [2.45, 2.75) is 38.1 Å². The molecule has 1 saturated heterocycles. The molecule has 1 aliphatic carbocycles. The van der Waals surface area contributed by atoms with Gasteiger partial charge in [-0.1, -0.05) is 11.3 Å². The number of nitrogens with one attached hydrogen (secondary N) is 2. The lowest BCUT2D eigenvalue weighted by Gasteiger charge is -2.22. The van der Waals surface area contributed by atoms with Gasteiger partial charge in [-0.25, -0.2) is 0 Å². The third-order valence-corrected chi connectivity index (χ3v) is 6.61. The monoisotopic (exact) mass is 450 g/mol. The van der Waals surface area contributed by atoms with Crippen molar-refractivity contribution in [3.8, 4) is 0 Å². The van der Waals surface area contributed by atoms with E-state index in [4.69, 9.17) is 4.74 Å². The summed E-state index contributed by atoms with van der Waals surface area (Å²) in [6, 6.07) is 2.58. The maximum Gasteiger partial charge on any atom is 0.258 e. The largest absolute Gasteiger partial charge is 0.381 e. The summed E-state index contributed by atoms with van der Waals surface area (Å²) < 4.78 is 5.41. The van der Waals surface area contributed by atoms with Crippen LogP contribution in [0.1, 0.15) is 45.4 Å². The highest BCUT2D eigenvalue weighted by Gasteiger charge is 2.39. The number of amides is 1. The zero-order valence-electron chi connectivity index (χ0n) is 15.0. The highest BCUT2D eigenvalue weighted by Crippen LogP contribution is 2.43. The average Bonchev–Trinajstić information content (AvgIpc) is 3.02. The van der Waals surface area contributed by atoms with Crippen LogP contribution in [-0.2, 0) is 4.74 Å². The Labute approximate surface area is 179 Å². The molecular formula is C17H24Cl2N4O2S2. The average molecular weight is 451 g/mol. The summed E-state index contributed by atoms with van der Waals surface area (Å²) in [6.45, 7) is 4.76. The molecule has 150 valence electrons. The number of nitrogens with zero attached hydrogens (tertiary/aromatic N) is 2. The minimum Gasteiger partial charge on any atom is -0.381 e. The lowest BCUT2D eigenvalue weighted by atomic mass is 10.0. The minimum absolute atomic E-state index is 0. The van der Waals surface area contributed by atoms with Crippen molar-refractivity contribution in [3.63, 3.8) is 0 Å². The standard InChI is InChI=1S/C17H22N4O2S2.2ClH/c1-10-20-21-17(25-10)19-16(22)12-6-15(24-9-12)13-7-14(13)18-8-11-2-4-23-5-3-11;;/h6,9,11,13-14,18H,2-5,7-8H2,1H3,(H,19,21,22);2*1H. The summed E-state index contributed by atoms with van der Waals surface area (Å²) in [7, 11) is 0. The maximum absolute atomic E-state index is 12.3. The molecular weight excluding hydrogens is 427 g/mol. The van der Waals surface area contributed by atoms with Gasteiger partial charge in [0.05, 0.1) is 5.56 Å². The lowest BCUT2D eigenvalue weighted by molar-refractivity contribution is 0.0662. The molecule has 2 atom stereocenters. The number of hydrogen-bond donors (Lipinski definition) is 2. The van der Waals surface area contributed by atoms with Crippen LogP contribution in [0.2, 0.25) is 0 Å². The second-order valence-electron chi connectivity index (χ2n) is 6.73. The molecule has 1 aliphatic heterocycles. The van der Waals surface area contributed by atoms with Gasteiger partial charge in [-0.05, 0) is 44.7 Å². The molecule has 1 saturated carbocycles. The van der Waals surface area contributed by atoms with Gasteiger partial charge in [0.15, 0.2) is 0 Å². The molecule has 2 N–H and O–H groups in total. The van der Waals surface area contributed by atoms with Gasteiger partial charge in [0.2, 0.25) is 5.13 Å². The highest BCUT2D eigenvalue weighted by molar-refractivity contribution is 7.15. The molecule has 2 aromatic heterocycles. The Kier molecular flexibility index (Phi) is 8.45. The summed E-state index contributed by atoms with van der Waals surface area (Å²) in [6.07, 6.45) is 3.50. The molecule has 0 spiro atoms. The van der Waals surface area contributed by atoms with E-state index < -0.39 is 0 Å². The van der Waals surface area contributed by atoms with E-state index in [1.165, 1.54) is 35.5 Å². The number of halogens is 2. The third kappa shape index (κ3) is 5.85. The Morgan fingerprint density at radius 3 is 2.78 bits per heavy atom. The number of ether oxygens (including phenoxy) is 1. The summed E-state index contributed by atoms with van der Waals surface area (Å²) in [5.41, 5.74) is 0.711. The SMILES string of the molecule is Cc1nnc(NC(=O)c2csc(C3CC3NCC3CCOCC3)c2)s1.Cl.Cl. The van der Waals surface area contributed by atoms with Gasteiger partial charge in [-0.15, -0.1) is 46.3 Å². The van der Waals surface area contributed by atoms with Gasteiger partial charge in [0, 0.05) is 35.4 Å². The van der Waals surface area contributed by atoms with Crippen LogP contribution in [0.25, 0.3) is 0 Å². The molecule has 6 nitrogen and oxygen atoms in total. The van der Waals surface area contributed by atoms with E-state index in [-0.39, 0.29) is 30.7 Å². The fourth-order valence-electron chi connectivity index (χ4n) is 3.19. The molecule has 2 aliphatic rings. The third-order valence-electron chi connectivity index (χ3n) is 4.79. The molecule has 4 rings (SSSR count). The molecule has 2 fully saturated rings. The van der Waals surface area contributed by atoms with E-state index >= 15 is 0 Å². The first-order chi connectivity index (χ1) is 12.2. The van der Waals surface area contributed by atoms with Crippen molar-refractivity contribution in [2.24, 2.45) is 5.92 Å². The van der Waals surface area contributed by atoms with Crippen molar-refractivity contribution in [1.29, 1.82) is 0 Å². The summed E-state index contributed by atoms with van der Waals surface area (Å²) in [5.74, 6) is 1.19. The summed E-state index contributed by atoms with van der Waals surface area (Å²) in [4.78, 5) is 13.6. The number of aromatic nitrogens is 2. The Balaban J connectivity index is 0.00000131. The van der Waals surface area contributed by atoms with Crippen molar-refractivity contribution >= 4 is 58.5 Å². The first-order valence-corrected chi connectivity index (χ1v) is 10.4. The van der Waals surface area contributed by atoms with E-state index in [2.05, 4.69) is 20.8 Å². The smallest absolute Gasteiger partial charge is 0.258 e. The van der Waals surface area contributed by atoms with Crippen LogP contribution in [0, 0.1) is 12.8 Å². The maximum atomic E-state index is 12.3. The quantitative estimate of drug-likeness (QED) is 0.697. The van der Waals surface area contributed by atoms with Crippen molar-refractivity contribution < 1.29 is 9.53 Å². The Morgan fingerprint density at radius 2 is 2.07 bits per heavy atom. The van der Waals surface area contributed by atoms with Crippen LogP contribution in [0.3, 0.4) is 0 Å². The molecule has 2 aromatic rings. The molecule has 1 amide bonds. The molecule has 27 heavy (non-hydrogen) atoms. The molecule has 0 bridgehead atoms. The fourth-order valence-corrected chi connectivity index (χ4v) is 4.84. The molecule has 3 heterocycles. The van der Waals surface area contributed by atoms with Crippen LogP contribution in [0.4, 0.5) is 5.13 Å². The van der Waals surface area contributed by atoms with Crippen LogP contribution >= 0.6 is 47.5 Å². The second kappa shape index (κ2) is 10.1. The van der Waals surface area contributed by atoms with E-state index in [9.17, 15) is 4.79 Å². The topological polar surface area (TPSA) is 76.1 Å². The van der Waals surface area contributed by atoms with Gasteiger partial charge in [0.1, 0.15) is 5.01 Å². The summed E-state index contributed by atoms with van der Waals surface area (Å²) >= 11 is 3.06. The number of carbonyl (C=O) groups is 1. The highest BCUT2D eigenvalue weighted by atomic mass is 35.5. The zero-order chi connectivity index (χ0) is 17.2. The molecule has 0 aromatic carbocycles. The predicted molar refractivity (Wildman–Crippen MR) is 114 cm³/mol. The van der Waals surface area contributed by atoms with Crippen LogP contribution in [0.5, 0.6) is 0 Å². The van der Waals surface area contributed by atoms with Gasteiger partial charge >= 0.3 is 0 Å². The van der Waals surface area contributed by atoms with Gasteiger partial charge < -0.3 is 10.1 Å². The first-order valence-electron chi connectivity index (χ1n) is 8.70. The van der Waals surface area contributed by atoms with E-state index in [0.717, 1.165) is 30.7 Å². The predicted octanol–water partition coefficient (Wildman–Crippen LogP) is 3.88. The number of anilines is 1. The Bertz CT molecular complexity index is 749. The lowest BCUT2D eigenvalue weighted by Crippen LogP contribution is -2.29. The van der Waals surface area contributed by atoms with Gasteiger partial charge in [-0.2, -0.15) is 0 Å². The Morgan fingerprint density at radius 1 is 1.30 bits per heavy atom. The zero-order valence-corrected chi connectivity index (χ0v) is 18.2. The fraction of sp³-hybridized carbons (Fsp3) is 0.588. The minimum atomic E-state index is -0.106. The van der Waals surface area contributed by atoms with Crippen molar-refractivity contribution in [2.75, 3.05) is 25.1 Å². The van der Waals surface area contributed by atoms with Crippen molar-refractivity contribution in [1.82, 2.24) is 15.5 Å². The number of hydrogen-bond acceptors (Lipinski definition) is 7. The van der Waals surface area contributed by atoms with E-state index in [1.54, 1.807) is 11.3 Å². The van der Waals surface area contributed by atoms with Crippen LogP contribution in [0.15, 0.2) is 11.4 Å². The Hall–Kier alpha value is -0.770. The molecule has 0 radical (unpaired) electrons. The first kappa shape index (κ1) is 22.5. The van der Waals surface area contributed by atoms with Crippen molar-refractivity contribution in [3.05, 3.63) is 26.9 Å². The normalized spacial score (nSPS) is 21.8. The van der Waals surface area contributed by atoms with E-state index in [0.29, 0.717) is 22.7 Å². The number of aryl methyl sites for hydroxylation is 1.